The van der Waals surface area contributed by atoms with E-state index in [-0.39, 0.29) is 23.6 Å². The fourth-order valence-corrected chi connectivity index (χ4v) is 1.48. The van der Waals surface area contributed by atoms with E-state index in [1.165, 1.54) is 12.4 Å². The Bertz CT molecular complexity index is 580. The summed E-state index contributed by atoms with van der Waals surface area (Å²) in [4.78, 5) is 19.2. The van der Waals surface area contributed by atoms with E-state index in [2.05, 4.69) is 9.97 Å². The number of nitrogens with zero attached hydrogens (tertiary/aromatic N) is 2. The van der Waals surface area contributed by atoms with E-state index < -0.39 is 17.6 Å². The van der Waals surface area contributed by atoms with Crippen LogP contribution in [0.2, 0.25) is 0 Å². The number of ether oxygens (including phenoxy) is 1. The molecule has 0 bridgehead atoms. The van der Waals surface area contributed by atoms with Gasteiger partial charge in [-0.3, -0.25) is 0 Å². The van der Waals surface area contributed by atoms with Crippen LogP contribution in [0, 0.1) is 11.6 Å². The Balaban J connectivity index is 2.29. The van der Waals surface area contributed by atoms with E-state index in [1.807, 2.05) is 0 Å². The zero-order chi connectivity index (χ0) is 13.8. The van der Waals surface area contributed by atoms with Gasteiger partial charge in [0.1, 0.15) is 11.6 Å². The highest BCUT2D eigenvalue weighted by Gasteiger charge is 2.10. The van der Waals surface area contributed by atoms with Crippen LogP contribution in [0.4, 0.5) is 8.78 Å². The molecule has 0 aliphatic rings. The number of benzene rings is 1. The highest BCUT2D eigenvalue weighted by atomic mass is 19.1. The molecule has 1 aromatic heterocycles. The molecule has 0 fully saturated rings. The third-order valence-electron chi connectivity index (χ3n) is 2.28. The third kappa shape index (κ3) is 3.09. The number of rotatable bonds is 3. The van der Waals surface area contributed by atoms with E-state index in [0.29, 0.717) is 0 Å². The first-order valence-corrected chi connectivity index (χ1v) is 5.56. The van der Waals surface area contributed by atoms with Crippen LogP contribution in [0.15, 0.2) is 30.6 Å². The molecule has 2 rings (SSSR count). The molecular weight excluding hydrogens is 254 g/mol. The van der Waals surface area contributed by atoms with Gasteiger partial charge in [0.2, 0.25) is 0 Å². The largest absolute Gasteiger partial charge is 0.462 e. The van der Waals surface area contributed by atoms with E-state index in [0.717, 1.165) is 18.2 Å². The van der Waals surface area contributed by atoms with Crippen LogP contribution >= 0.6 is 0 Å². The molecule has 6 heteroatoms. The van der Waals surface area contributed by atoms with Crippen molar-refractivity contribution < 1.29 is 18.3 Å². The molecule has 98 valence electrons. The van der Waals surface area contributed by atoms with Gasteiger partial charge in [0.15, 0.2) is 5.82 Å². The Labute approximate surface area is 108 Å². The van der Waals surface area contributed by atoms with Gasteiger partial charge in [-0.2, -0.15) is 0 Å². The Hall–Kier alpha value is -2.37. The minimum Gasteiger partial charge on any atom is -0.462 e. The quantitative estimate of drug-likeness (QED) is 0.799. The summed E-state index contributed by atoms with van der Waals surface area (Å²) >= 11 is 0. The van der Waals surface area contributed by atoms with Gasteiger partial charge >= 0.3 is 5.97 Å². The lowest BCUT2D eigenvalue weighted by molar-refractivity contribution is 0.0525. The first-order chi connectivity index (χ1) is 9.10. The van der Waals surface area contributed by atoms with Crippen molar-refractivity contribution in [1.82, 2.24) is 9.97 Å². The van der Waals surface area contributed by atoms with Crippen molar-refractivity contribution in [3.63, 3.8) is 0 Å². The summed E-state index contributed by atoms with van der Waals surface area (Å²) in [6.07, 6.45) is 2.51. The average molecular weight is 264 g/mol. The Morgan fingerprint density at radius 2 is 1.74 bits per heavy atom. The predicted molar refractivity (Wildman–Crippen MR) is 63.3 cm³/mol. The SMILES string of the molecule is CCOC(=O)c1cnc(-c2cc(F)cc(F)c2)nc1. The molecule has 19 heavy (non-hydrogen) atoms. The standard InChI is InChI=1S/C13H10F2N2O2/c1-2-19-13(18)9-6-16-12(17-7-9)8-3-10(14)5-11(15)4-8/h3-7H,2H2,1H3. The van der Waals surface area contributed by atoms with Gasteiger partial charge in [-0.15, -0.1) is 0 Å². The van der Waals surface area contributed by atoms with Crippen molar-refractivity contribution in [1.29, 1.82) is 0 Å². The van der Waals surface area contributed by atoms with E-state index in [1.54, 1.807) is 6.92 Å². The van der Waals surface area contributed by atoms with Crippen LogP contribution < -0.4 is 0 Å². The smallest absolute Gasteiger partial charge is 0.341 e. The van der Waals surface area contributed by atoms with E-state index in [4.69, 9.17) is 4.74 Å². The lowest BCUT2D eigenvalue weighted by Gasteiger charge is -2.03. The molecule has 2 aromatic rings. The number of esters is 1. The zero-order valence-corrected chi connectivity index (χ0v) is 10.1. The highest BCUT2D eigenvalue weighted by molar-refractivity contribution is 5.88. The van der Waals surface area contributed by atoms with Crippen LogP contribution in [-0.4, -0.2) is 22.5 Å². The molecular formula is C13H10F2N2O2. The first-order valence-electron chi connectivity index (χ1n) is 5.56. The number of carbonyl (C=O) groups excluding carboxylic acids is 1. The summed E-state index contributed by atoms with van der Waals surface area (Å²) < 4.78 is 30.9. The summed E-state index contributed by atoms with van der Waals surface area (Å²) in [7, 11) is 0. The van der Waals surface area contributed by atoms with Crippen molar-refractivity contribution in [2.45, 2.75) is 6.92 Å². The molecule has 0 aliphatic carbocycles. The van der Waals surface area contributed by atoms with Crippen molar-refractivity contribution in [2.24, 2.45) is 0 Å². The summed E-state index contributed by atoms with van der Waals surface area (Å²) in [5.74, 6) is -1.84. The molecule has 0 unspecified atom stereocenters. The summed E-state index contributed by atoms with van der Waals surface area (Å²) in [6.45, 7) is 1.93. The fraction of sp³-hybridized carbons (Fsp3) is 0.154. The lowest BCUT2D eigenvalue weighted by Crippen LogP contribution is -2.06. The lowest BCUT2D eigenvalue weighted by atomic mass is 10.2. The number of halogens is 2. The second-order valence-electron chi connectivity index (χ2n) is 3.67. The number of hydrogen-bond acceptors (Lipinski definition) is 4. The van der Waals surface area contributed by atoms with E-state index in [9.17, 15) is 13.6 Å². The molecule has 0 atom stereocenters. The van der Waals surface area contributed by atoms with Crippen LogP contribution in [0.25, 0.3) is 11.4 Å². The number of carbonyl (C=O) groups is 1. The third-order valence-corrected chi connectivity index (χ3v) is 2.28. The van der Waals surface area contributed by atoms with Gasteiger partial charge in [-0.1, -0.05) is 0 Å². The Kier molecular flexibility index (Phi) is 3.79. The van der Waals surface area contributed by atoms with Gasteiger partial charge < -0.3 is 4.74 Å². The van der Waals surface area contributed by atoms with Crippen LogP contribution in [0.3, 0.4) is 0 Å². The predicted octanol–water partition coefficient (Wildman–Crippen LogP) is 2.60. The number of hydrogen-bond donors (Lipinski definition) is 0. The molecule has 0 amide bonds. The molecule has 0 saturated carbocycles. The number of aromatic nitrogens is 2. The van der Waals surface area contributed by atoms with E-state index >= 15 is 0 Å². The maximum Gasteiger partial charge on any atom is 0.341 e. The molecule has 0 saturated heterocycles. The van der Waals surface area contributed by atoms with Gasteiger partial charge in [-0.05, 0) is 19.1 Å². The summed E-state index contributed by atoms with van der Waals surface area (Å²) in [6, 6.07) is 2.99. The van der Waals surface area contributed by atoms with Crippen molar-refractivity contribution in [2.75, 3.05) is 6.61 Å². The van der Waals surface area contributed by atoms with Crippen LogP contribution in [0.1, 0.15) is 17.3 Å². The van der Waals surface area contributed by atoms with Crippen molar-refractivity contribution >= 4 is 5.97 Å². The normalized spacial score (nSPS) is 10.3. The molecule has 1 heterocycles. The second-order valence-corrected chi connectivity index (χ2v) is 3.67. The Morgan fingerprint density at radius 1 is 1.16 bits per heavy atom. The maximum atomic E-state index is 13.1. The fourth-order valence-electron chi connectivity index (χ4n) is 1.48. The van der Waals surface area contributed by atoms with Crippen LogP contribution in [0.5, 0.6) is 0 Å². The topological polar surface area (TPSA) is 52.1 Å². The molecule has 0 N–H and O–H groups in total. The Morgan fingerprint density at radius 3 is 2.26 bits per heavy atom. The maximum absolute atomic E-state index is 13.1. The summed E-state index contributed by atoms with van der Waals surface area (Å²) in [5.41, 5.74) is 0.385. The van der Waals surface area contributed by atoms with Crippen molar-refractivity contribution in [3.8, 4) is 11.4 Å². The van der Waals surface area contributed by atoms with Gasteiger partial charge in [0, 0.05) is 24.0 Å². The monoisotopic (exact) mass is 264 g/mol. The average Bonchev–Trinajstić information content (AvgIpc) is 2.38. The van der Waals surface area contributed by atoms with Crippen molar-refractivity contribution in [3.05, 3.63) is 47.8 Å². The molecule has 0 radical (unpaired) electrons. The van der Waals surface area contributed by atoms with Crippen LogP contribution in [-0.2, 0) is 4.74 Å². The second kappa shape index (κ2) is 5.51. The van der Waals surface area contributed by atoms with Gasteiger partial charge in [0.05, 0.1) is 12.2 Å². The zero-order valence-electron chi connectivity index (χ0n) is 10.1. The minimum atomic E-state index is -0.715. The molecule has 1 aromatic carbocycles. The van der Waals surface area contributed by atoms with Gasteiger partial charge in [-0.25, -0.2) is 23.5 Å². The first kappa shape index (κ1) is 13.1. The van der Waals surface area contributed by atoms with Gasteiger partial charge in [0.25, 0.3) is 0 Å². The highest BCUT2D eigenvalue weighted by Crippen LogP contribution is 2.17. The summed E-state index contributed by atoms with van der Waals surface area (Å²) in [5, 5.41) is 0. The minimum absolute atomic E-state index is 0.131. The molecule has 0 spiro atoms. The molecule has 4 nitrogen and oxygen atoms in total. The molecule has 0 aliphatic heterocycles.